The molecule has 6 aromatic rings. The number of carbonyl (C=O) groups is 4. The molecule has 1 saturated heterocycles. The summed E-state index contributed by atoms with van der Waals surface area (Å²) in [4.78, 5) is 64.0. The van der Waals surface area contributed by atoms with Gasteiger partial charge in [-0.05, 0) is 73.4 Å². The Morgan fingerprint density at radius 1 is 0.797 bits per heavy atom. The van der Waals surface area contributed by atoms with Gasteiger partial charge in [-0.25, -0.2) is 9.97 Å². The number of hydrogen-bond acceptors (Lipinski definition) is 11. The van der Waals surface area contributed by atoms with E-state index >= 15 is 0 Å². The van der Waals surface area contributed by atoms with Gasteiger partial charge in [-0.3, -0.25) is 34.4 Å². The molecule has 14 heteroatoms. The Balaban J connectivity index is 0.693. The number of fused-ring (bicyclic) bond motifs is 4. The highest BCUT2D eigenvalue weighted by molar-refractivity contribution is 6.23. The SMILES string of the molecule is Cc1cc(-c2ccc3c4cnccc4n(C)c3c2)cnc1OC1CC(Oc2ccc(C#CCOCCOc3ccc4c(c3)C(=O)N(C3CCC(=O)NC3=O)C4=O)nc2)C1. The summed E-state index contributed by atoms with van der Waals surface area (Å²) >= 11 is 0. The highest BCUT2D eigenvalue weighted by Crippen LogP contribution is 2.35. The number of pyridine rings is 3. The van der Waals surface area contributed by atoms with E-state index in [0.717, 1.165) is 50.9 Å². The Kier molecular flexibility index (Phi) is 9.95. The van der Waals surface area contributed by atoms with Crippen LogP contribution in [-0.2, 0) is 21.4 Å². The third-order valence-electron chi connectivity index (χ3n) is 10.8. The first-order chi connectivity index (χ1) is 28.7. The topological polar surface area (TPSA) is 164 Å². The monoisotopic (exact) mass is 790 g/mol. The van der Waals surface area contributed by atoms with Gasteiger partial charge < -0.3 is 23.5 Å². The summed E-state index contributed by atoms with van der Waals surface area (Å²) in [6.07, 6.45) is 8.92. The minimum atomic E-state index is -1.02. The van der Waals surface area contributed by atoms with Crippen molar-refractivity contribution in [2.24, 2.45) is 7.05 Å². The fraction of sp³-hybridized carbons (Fsp3) is 0.267. The maximum absolute atomic E-state index is 13.0. The van der Waals surface area contributed by atoms with Crippen molar-refractivity contribution >= 4 is 45.4 Å². The van der Waals surface area contributed by atoms with Gasteiger partial charge in [0.25, 0.3) is 11.8 Å². The largest absolute Gasteiger partial charge is 0.491 e. The second kappa shape index (κ2) is 15.7. The predicted octanol–water partition coefficient (Wildman–Crippen LogP) is 5.33. The van der Waals surface area contributed by atoms with Crippen molar-refractivity contribution in [2.75, 3.05) is 19.8 Å². The molecule has 3 aliphatic rings. The minimum absolute atomic E-state index is 0.0161. The van der Waals surface area contributed by atoms with Crippen molar-refractivity contribution in [2.45, 2.75) is 50.9 Å². The molecule has 296 valence electrons. The Morgan fingerprint density at radius 2 is 1.63 bits per heavy atom. The number of benzene rings is 2. The van der Waals surface area contributed by atoms with Crippen molar-refractivity contribution in [3.05, 3.63) is 108 Å². The van der Waals surface area contributed by atoms with Gasteiger partial charge in [-0.15, -0.1) is 0 Å². The summed E-state index contributed by atoms with van der Waals surface area (Å²) in [5.74, 6) is 5.33. The number of nitrogens with zero attached hydrogens (tertiary/aromatic N) is 5. The molecule has 6 heterocycles. The van der Waals surface area contributed by atoms with Crippen LogP contribution < -0.4 is 19.5 Å². The highest BCUT2D eigenvalue weighted by Gasteiger charge is 2.44. The fourth-order valence-corrected chi connectivity index (χ4v) is 7.67. The van der Waals surface area contributed by atoms with Gasteiger partial charge in [-0.2, -0.15) is 0 Å². The quantitative estimate of drug-likeness (QED) is 0.103. The van der Waals surface area contributed by atoms with Crippen LogP contribution in [0, 0.1) is 18.8 Å². The highest BCUT2D eigenvalue weighted by atomic mass is 16.5. The zero-order valence-electron chi connectivity index (χ0n) is 32.3. The third-order valence-corrected chi connectivity index (χ3v) is 10.8. The molecule has 9 rings (SSSR count). The molecule has 0 radical (unpaired) electrons. The first kappa shape index (κ1) is 37.5. The van der Waals surface area contributed by atoms with E-state index in [0.29, 0.717) is 23.1 Å². The molecular weight excluding hydrogens is 753 g/mol. The first-order valence-electron chi connectivity index (χ1n) is 19.3. The molecule has 0 spiro atoms. The summed E-state index contributed by atoms with van der Waals surface area (Å²) in [6.45, 7) is 2.59. The number of aromatic nitrogens is 4. The number of amides is 4. The number of ether oxygens (including phenoxy) is 4. The molecule has 1 saturated carbocycles. The van der Waals surface area contributed by atoms with Crippen molar-refractivity contribution in [3.63, 3.8) is 0 Å². The van der Waals surface area contributed by atoms with Gasteiger partial charge in [0.2, 0.25) is 17.7 Å². The molecule has 1 N–H and O–H groups in total. The standard InChI is InChI=1S/C45H38N6O8/c1-26-18-28(27-5-9-34-37-25-46-14-13-38(37)50(2)40(34)19-27)23-48-43(26)59-33-20-32(21-33)58-31-7-6-29(47-24-31)4-3-15-56-16-17-57-30-8-10-35-36(22-30)45(55)51(44(35)54)39-11-12-41(52)49-42(39)53/h5-10,13-14,18-19,22-25,32-33,39H,11-12,15-17,20-21H2,1-2H3,(H,49,52,53). The van der Waals surface area contributed by atoms with E-state index in [1.54, 1.807) is 18.3 Å². The lowest BCUT2D eigenvalue weighted by Crippen LogP contribution is -2.54. The van der Waals surface area contributed by atoms with Crippen LogP contribution in [0.15, 0.2) is 85.5 Å². The maximum Gasteiger partial charge on any atom is 0.262 e. The Labute approximate surface area is 338 Å². The van der Waals surface area contributed by atoms with Crippen LogP contribution >= 0.6 is 0 Å². The van der Waals surface area contributed by atoms with Crippen molar-refractivity contribution in [1.82, 2.24) is 29.7 Å². The molecule has 4 amide bonds. The lowest BCUT2D eigenvalue weighted by molar-refractivity contribution is -0.136. The Bertz CT molecular complexity index is 2730. The maximum atomic E-state index is 13.0. The number of hydrogen-bond donors (Lipinski definition) is 1. The molecular formula is C45H38N6O8. The van der Waals surface area contributed by atoms with E-state index in [9.17, 15) is 19.2 Å². The van der Waals surface area contributed by atoms with Crippen LogP contribution in [0.1, 0.15) is 57.7 Å². The van der Waals surface area contributed by atoms with Gasteiger partial charge >= 0.3 is 0 Å². The summed E-state index contributed by atoms with van der Waals surface area (Å²) in [5.41, 5.74) is 6.31. The summed E-state index contributed by atoms with van der Waals surface area (Å²) in [5, 5.41) is 4.50. The number of piperidine rings is 1. The number of carbonyl (C=O) groups excluding carboxylic acids is 4. The smallest absolute Gasteiger partial charge is 0.262 e. The predicted molar refractivity (Wildman–Crippen MR) is 215 cm³/mol. The zero-order chi connectivity index (χ0) is 40.6. The van der Waals surface area contributed by atoms with Crippen molar-refractivity contribution < 1.29 is 38.1 Å². The summed E-state index contributed by atoms with van der Waals surface area (Å²) in [6, 6.07) is 17.8. The molecule has 4 aromatic heterocycles. The Hall–Kier alpha value is -7.11. The molecule has 14 nitrogen and oxygen atoms in total. The second-order valence-corrected chi connectivity index (χ2v) is 14.7. The number of nitrogens with one attached hydrogen (secondary N) is 1. The Morgan fingerprint density at radius 3 is 2.44 bits per heavy atom. The van der Waals surface area contributed by atoms with Crippen LogP contribution in [0.2, 0.25) is 0 Å². The lowest BCUT2D eigenvalue weighted by atomic mass is 9.92. The van der Waals surface area contributed by atoms with E-state index in [4.69, 9.17) is 18.9 Å². The van der Waals surface area contributed by atoms with Crippen molar-refractivity contribution in [1.29, 1.82) is 0 Å². The first-order valence-corrected chi connectivity index (χ1v) is 19.3. The molecule has 0 bridgehead atoms. The average Bonchev–Trinajstić information content (AvgIpc) is 3.65. The molecule has 2 fully saturated rings. The van der Waals surface area contributed by atoms with Gasteiger partial charge in [0.05, 0.1) is 29.4 Å². The molecule has 1 aliphatic carbocycles. The molecule has 2 aliphatic heterocycles. The van der Waals surface area contributed by atoms with Gasteiger partial charge in [0, 0.05) is 72.3 Å². The lowest BCUT2D eigenvalue weighted by Gasteiger charge is -2.35. The number of aryl methyl sites for hydroxylation is 2. The third kappa shape index (κ3) is 7.44. The van der Waals surface area contributed by atoms with E-state index in [2.05, 4.69) is 68.0 Å². The second-order valence-electron chi connectivity index (χ2n) is 14.7. The number of rotatable bonds is 11. The molecule has 2 aromatic carbocycles. The van der Waals surface area contributed by atoms with Gasteiger partial charge in [0.15, 0.2) is 0 Å². The molecule has 1 unspecified atom stereocenters. The summed E-state index contributed by atoms with van der Waals surface area (Å²) in [7, 11) is 2.08. The van der Waals surface area contributed by atoms with Crippen LogP contribution in [0.3, 0.4) is 0 Å². The van der Waals surface area contributed by atoms with E-state index in [1.165, 1.54) is 17.5 Å². The average molecular weight is 791 g/mol. The zero-order valence-corrected chi connectivity index (χ0v) is 32.3. The van der Waals surface area contributed by atoms with Crippen LogP contribution in [0.25, 0.3) is 32.9 Å². The van der Waals surface area contributed by atoms with Crippen LogP contribution in [0.4, 0.5) is 0 Å². The minimum Gasteiger partial charge on any atom is -0.491 e. The van der Waals surface area contributed by atoms with E-state index < -0.39 is 29.7 Å². The number of imide groups is 2. The van der Waals surface area contributed by atoms with E-state index in [-0.39, 0.29) is 56.0 Å². The normalized spacial score (nSPS) is 18.6. The molecule has 59 heavy (non-hydrogen) atoms. The fourth-order valence-electron chi connectivity index (χ4n) is 7.67. The van der Waals surface area contributed by atoms with E-state index in [1.807, 2.05) is 37.6 Å². The molecule has 1 atom stereocenters. The van der Waals surface area contributed by atoms with Crippen LogP contribution in [0.5, 0.6) is 17.4 Å². The van der Waals surface area contributed by atoms with Gasteiger partial charge in [0.1, 0.15) is 48.7 Å². The summed E-state index contributed by atoms with van der Waals surface area (Å²) < 4.78 is 25.8. The van der Waals surface area contributed by atoms with Gasteiger partial charge in [-0.1, -0.05) is 18.1 Å². The van der Waals surface area contributed by atoms with Crippen LogP contribution in [-0.4, -0.2) is 86.1 Å². The van der Waals surface area contributed by atoms with Crippen molar-refractivity contribution in [3.8, 4) is 40.3 Å².